The minimum Gasteiger partial charge on any atom is -0.490 e. The average molecular weight is 353 g/mol. The Hall–Kier alpha value is -2.82. The number of fused-ring (bicyclic) bond motifs is 1. The van der Waals surface area contributed by atoms with Gasteiger partial charge in [0, 0.05) is 0 Å². The molecule has 0 aliphatic carbocycles. The number of rotatable bonds is 6. The number of hydrogen-bond donors (Lipinski definition) is 0. The fourth-order valence-corrected chi connectivity index (χ4v) is 2.81. The van der Waals surface area contributed by atoms with Gasteiger partial charge in [-0.05, 0) is 37.5 Å². The van der Waals surface area contributed by atoms with Crippen LogP contribution in [0.25, 0.3) is 10.9 Å². The van der Waals surface area contributed by atoms with E-state index in [1.807, 2.05) is 58.0 Å². The zero-order valence-electron chi connectivity index (χ0n) is 15.4. The third kappa shape index (κ3) is 3.87. The summed E-state index contributed by atoms with van der Waals surface area (Å²) < 4.78 is 17.0. The summed E-state index contributed by atoms with van der Waals surface area (Å²) in [6.07, 6.45) is -0.356. The molecule has 0 radical (unpaired) electrons. The normalized spacial score (nSPS) is 12.5. The molecule has 26 heavy (non-hydrogen) atoms. The quantitative estimate of drug-likeness (QED) is 0.640. The molecule has 0 aliphatic heterocycles. The van der Waals surface area contributed by atoms with Gasteiger partial charge in [-0.3, -0.25) is 0 Å². The van der Waals surface area contributed by atoms with Crippen LogP contribution in [0.15, 0.2) is 57.7 Å². The van der Waals surface area contributed by atoms with E-state index >= 15 is 0 Å². The first-order chi connectivity index (χ1) is 12.5. The predicted molar refractivity (Wildman–Crippen MR) is 101 cm³/mol. The Labute approximate surface area is 152 Å². The number of nitrogens with zero attached hydrogens (tertiary/aromatic N) is 1. The molecule has 1 unspecified atom stereocenters. The number of benzene rings is 2. The van der Waals surface area contributed by atoms with Crippen LogP contribution >= 0.6 is 0 Å². The Morgan fingerprint density at radius 1 is 0.923 bits per heavy atom. The molecule has 2 aromatic carbocycles. The predicted octanol–water partition coefficient (Wildman–Crippen LogP) is 4.75. The second-order valence-corrected chi connectivity index (χ2v) is 6.78. The maximum Gasteiger partial charge on any atom is 0.397 e. The average Bonchev–Trinajstić information content (AvgIpc) is 2.59. The van der Waals surface area contributed by atoms with E-state index in [2.05, 4.69) is 4.98 Å². The zero-order chi connectivity index (χ0) is 18.7. The molecule has 1 atom stereocenters. The molecule has 1 aromatic heterocycles. The highest BCUT2D eigenvalue weighted by atomic mass is 16.6. The zero-order valence-corrected chi connectivity index (χ0v) is 15.4. The van der Waals surface area contributed by atoms with Gasteiger partial charge in [-0.15, -0.1) is 0 Å². The SMILES string of the molecule is CC(C)Oc1cccc2nc(OC(c3ccccc3)C(C)C)oc(=O)c12. The lowest BCUT2D eigenvalue weighted by atomic mass is 9.99. The molecule has 136 valence electrons. The summed E-state index contributed by atoms with van der Waals surface area (Å²) in [6.45, 7) is 7.90. The molecule has 0 saturated carbocycles. The molecule has 0 N–H and O–H groups in total. The van der Waals surface area contributed by atoms with E-state index in [0.29, 0.717) is 16.7 Å². The fraction of sp³-hybridized carbons (Fsp3) is 0.333. The van der Waals surface area contributed by atoms with Gasteiger partial charge < -0.3 is 13.9 Å². The first-order valence-electron chi connectivity index (χ1n) is 8.78. The minimum absolute atomic E-state index is 0.0354. The Balaban J connectivity index is 2.00. The van der Waals surface area contributed by atoms with Crippen molar-refractivity contribution in [2.24, 2.45) is 5.92 Å². The van der Waals surface area contributed by atoms with E-state index in [0.717, 1.165) is 5.56 Å². The van der Waals surface area contributed by atoms with Crippen LogP contribution in [0.3, 0.4) is 0 Å². The van der Waals surface area contributed by atoms with E-state index in [-0.39, 0.29) is 24.2 Å². The monoisotopic (exact) mass is 353 g/mol. The molecule has 3 rings (SSSR count). The van der Waals surface area contributed by atoms with Crippen molar-refractivity contribution < 1.29 is 13.9 Å². The Kier molecular flexibility index (Phi) is 5.26. The van der Waals surface area contributed by atoms with Gasteiger partial charge in [0.2, 0.25) is 0 Å². The van der Waals surface area contributed by atoms with Crippen molar-refractivity contribution in [1.29, 1.82) is 0 Å². The topological polar surface area (TPSA) is 61.6 Å². The van der Waals surface area contributed by atoms with Crippen molar-refractivity contribution in [2.45, 2.75) is 39.9 Å². The van der Waals surface area contributed by atoms with Crippen LogP contribution in [0.1, 0.15) is 39.4 Å². The van der Waals surface area contributed by atoms with Crippen molar-refractivity contribution in [3.8, 4) is 11.8 Å². The molecular formula is C21H23NO4. The maximum atomic E-state index is 12.5. The molecule has 0 aliphatic rings. The van der Waals surface area contributed by atoms with Gasteiger partial charge in [0.25, 0.3) is 0 Å². The number of aromatic nitrogens is 1. The highest BCUT2D eigenvalue weighted by Crippen LogP contribution is 2.29. The van der Waals surface area contributed by atoms with Crippen LogP contribution in [0, 0.1) is 5.92 Å². The number of ether oxygens (including phenoxy) is 2. The van der Waals surface area contributed by atoms with E-state index in [1.165, 1.54) is 0 Å². The molecule has 0 fully saturated rings. The highest BCUT2D eigenvalue weighted by Gasteiger charge is 2.21. The van der Waals surface area contributed by atoms with Crippen molar-refractivity contribution in [3.63, 3.8) is 0 Å². The Bertz CT molecular complexity index is 932. The smallest absolute Gasteiger partial charge is 0.397 e. The third-order valence-electron chi connectivity index (χ3n) is 3.92. The van der Waals surface area contributed by atoms with Gasteiger partial charge >= 0.3 is 11.7 Å². The lowest BCUT2D eigenvalue weighted by molar-refractivity contribution is 0.103. The van der Waals surface area contributed by atoms with Crippen molar-refractivity contribution in [2.75, 3.05) is 0 Å². The lowest BCUT2D eigenvalue weighted by Crippen LogP contribution is -2.16. The van der Waals surface area contributed by atoms with Gasteiger partial charge in [-0.2, -0.15) is 4.98 Å². The van der Waals surface area contributed by atoms with Crippen LogP contribution in [0.5, 0.6) is 11.8 Å². The van der Waals surface area contributed by atoms with E-state index in [9.17, 15) is 4.79 Å². The second-order valence-electron chi connectivity index (χ2n) is 6.78. The van der Waals surface area contributed by atoms with Gasteiger partial charge in [0.15, 0.2) is 0 Å². The molecular weight excluding hydrogens is 330 g/mol. The molecule has 3 aromatic rings. The summed E-state index contributed by atoms with van der Waals surface area (Å²) in [6, 6.07) is 15.1. The van der Waals surface area contributed by atoms with Gasteiger partial charge in [-0.25, -0.2) is 4.79 Å². The van der Waals surface area contributed by atoms with Crippen molar-refractivity contribution >= 4 is 10.9 Å². The highest BCUT2D eigenvalue weighted by molar-refractivity contribution is 5.83. The molecule has 0 amide bonds. The summed E-state index contributed by atoms with van der Waals surface area (Å²) >= 11 is 0. The van der Waals surface area contributed by atoms with Crippen LogP contribution < -0.4 is 15.1 Å². The fourth-order valence-electron chi connectivity index (χ4n) is 2.81. The van der Waals surface area contributed by atoms with Crippen LogP contribution in [-0.2, 0) is 0 Å². The minimum atomic E-state index is -0.517. The summed E-state index contributed by atoms with van der Waals surface area (Å²) in [5.74, 6) is 0.643. The van der Waals surface area contributed by atoms with Gasteiger partial charge in [0.1, 0.15) is 17.2 Å². The summed E-state index contributed by atoms with van der Waals surface area (Å²) in [4.78, 5) is 16.9. The lowest BCUT2D eigenvalue weighted by Gasteiger charge is -2.21. The molecule has 5 nitrogen and oxygen atoms in total. The first-order valence-corrected chi connectivity index (χ1v) is 8.78. The van der Waals surface area contributed by atoms with Crippen LogP contribution in [0.4, 0.5) is 0 Å². The van der Waals surface area contributed by atoms with E-state index in [4.69, 9.17) is 13.9 Å². The molecule has 0 spiro atoms. The standard InChI is InChI=1S/C21H23NO4/c1-13(2)19(15-9-6-5-7-10-15)25-21-22-16-11-8-12-17(24-14(3)4)18(16)20(23)26-21/h5-14,19H,1-4H3. The van der Waals surface area contributed by atoms with Crippen LogP contribution in [0.2, 0.25) is 0 Å². The summed E-state index contributed by atoms with van der Waals surface area (Å²) in [7, 11) is 0. The van der Waals surface area contributed by atoms with Gasteiger partial charge in [0.05, 0.1) is 11.6 Å². The maximum absolute atomic E-state index is 12.5. The molecule has 1 heterocycles. The summed E-state index contributed by atoms with van der Waals surface area (Å²) in [5, 5.41) is 0.328. The Morgan fingerprint density at radius 2 is 1.65 bits per heavy atom. The molecule has 0 saturated heterocycles. The van der Waals surface area contributed by atoms with E-state index < -0.39 is 5.63 Å². The van der Waals surface area contributed by atoms with Gasteiger partial charge in [-0.1, -0.05) is 50.2 Å². The van der Waals surface area contributed by atoms with Crippen molar-refractivity contribution in [3.05, 3.63) is 64.5 Å². The second kappa shape index (κ2) is 7.60. The van der Waals surface area contributed by atoms with Crippen molar-refractivity contribution in [1.82, 2.24) is 4.98 Å². The van der Waals surface area contributed by atoms with Crippen LogP contribution in [-0.4, -0.2) is 11.1 Å². The first kappa shape index (κ1) is 18.0. The van der Waals surface area contributed by atoms with E-state index in [1.54, 1.807) is 18.2 Å². The summed E-state index contributed by atoms with van der Waals surface area (Å²) in [5.41, 5.74) is 0.978. The Morgan fingerprint density at radius 3 is 2.31 bits per heavy atom. The molecule has 5 heteroatoms. The molecule has 0 bridgehead atoms. The largest absolute Gasteiger partial charge is 0.490 e. The third-order valence-corrected chi connectivity index (χ3v) is 3.92. The number of hydrogen-bond acceptors (Lipinski definition) is 5.